The molecule has 0 saturated carbocycles. The van der Waals surface area contributed by atoms with Gasteiger partial charge in [0.1, 0.15) is 5.51 Å². The Bertz CT molecular complexity index is 513. The van der Waals surface area contributed by atoms with Crippen LogP contribution in [0.2, 0.25) is 0 Å². The van der Waals surface area contributed by atoms with Crippen molar-refractivity contribution in [2.24, 2.45) is 0 Å². The van der Waals surface area contributed by atoms with Crippen molar-refractivity contribution < 1.29 is 4.79 Å². The summed E-state index contributed by atoms with van der Waals surface area (Å²) in [7, 11) is 0. The highest BCUT2D eigenvalue weighted by Crippen LogP contribution is 2.22. The molecule has 0 aliphatic carbocycles. The number of benzene rings is 1. The number of nitrogens with one attached hydrogen (secondary N) is 1. The molecule has 0 aliphatic heterocycles. The Morgan fingerprint density at radius 3 is 3.00 bits per heavy atom. The highest BCUT2D eigenvalue weighted by molar-refractivity contribution is 9.10. The Balaban J connectivity index is 2.24. The molecule has 1 aromatic carbocycles. The summed E-state index contributed by atoms with van der Waals surface area (Å²) in [5.41, 5.74) is 3.18. The number of carbonyl (C=O) groups is 1. The number of aromatic nitrogens is 2. The average molecular weight is 298 g/mol. The van der Waals surface area contributed by atoms with E-state index in [9.17, 15) is 4.79 Å². The van der Waals surface area contributed by atoms with E-state index in [2.05, 4.69) is 31.4 Å². The van der Waals surface area contributed by atoms with Gasteiger partial charge in [0, 0.05) is 4.47 Å². The fourth-order valence-electron chi connectivity index (χ4n) is 1.21. The molecule has 0 saturated heterocycles. The molecule has 6 heteroatoms. The molecule has 2 aromatic rings. The predicted octanol–water partition coefficient (Wildman–Crippen LogP) is 2.86. The van der Waals surface area contributed by atoms with Crippen LogP contribution >= 0.6 is 27.3 Å². The number of hydrogen-bond donors (Lipinski definition) is 1. The van der Waals surface area contributed by atoms with E-state index in [1.807, 2.05) is 19.1 Å². The first-order valence-corrected chi connectivity index (χ1v) is 6.18. The molecule has 16 heavy (non-hydrogen) atoms. The first kappa shape index (κ1) is 11.2. The molecular formula is C10H8BrN3OS. The third-order valence-electron chi connectivity index (χ3n) is 2.02. The largest absolute Gasteiger partial charge is 0.296 e. The van der Waals surface area contributed by atoms with Gasteiger partial charge >= 0.3 is 0 Å². The number of halogens is 1. The molecule has 4 nitrogen and oxygen atoms in total. The molecule has 1 aromatic heterocycles. The lowest BCUT2D eigenvalue weighted by atomic mass is 10.1. The first-order valence-electron chi connectivity index (χ1n) is 4.51. The number of aryl methyl sites for hydroxylation is 1. The van der Waals surface area contributed by atoms with Gasteiger partial charge in [-0.3, -0.25) is 10.1 Å². The quantitative estimate of drug-likeness (QED) is 0.927. The van der Waals surface area contributed by atoms with Gasteiger partial charge in [-0.1, -0.05) is 23.5 Å². The molecule has 0 atom stereocenters. The van der Waals surface area contributed by atoms with Crippen molar-refractivity contribution in [3.63, 3.8) is 0 Å². The normalized spacial score (nSPS) is 10.1. The van der Waals surface area contributed by atoms with Crippen LogP contribution in [0, 0.1) is 6.92 Å². The molecular weight excluding hydrogens is 290 g/mol. The molecule has 1 heterocycles. The van der Waals surface area contributed by atoms with E-state index < -0.39 is 0 Å². The third-order valence-corrected chi connectivity index (χ3v) is 3.68. The second kappa shape index (κ2) is 4.71. The SMILES string of the molecule is Cc1cccc(C(=O)Nc2nncs2)c1Br. The molecule has 0 fully saturated rings. The molecule has 2 rings (SSSR count). The number of nitrogens with zero attached hydrogens (tertiary/aromatic N) is 2. The summed E-state index contributed by atoms with van der Waals surface area (Å²) in [6.45, 7) is 1.94. The number of rotatable bonds is 2. The smallest absolute Gasteiger partial charge is 0.258 e. The van der Waals surface area contributed by atoms with Gasteiger partial charge in [0.05, 0.1) is 5.56 Å². The zero-order valence-corrected chi connectivity index (χ0v) is 10.8. The highest BCUT2D eigenvalue weighted by Gasteiger charge is 2.12. The van der Waals surface area contributed by atoms with Crippen LogP contribution in [-0.4, -0.2) is 16.1 Å². The van der Waals surface area contributed by atoms with Crippen molar-refractivity contribution in [1.82, 2.24) is 10.2 Å². The van der Waals surface area contributed by atoms with Gasteiger partial charge in [-0.25, -0.2) is 0 Å². The van der Waals surface area contributed by atoms with Gasteiger partial charge in [-0.2, -0.15) is 0 Å². The lowest BCUT2D eigenvalue weighted by molar-refractivity contribution is 0.102. The van der Waals surface area contributed by atoms with Crippen molar-refractivity contribution in [3.8, 4) is 0 Å². The van der Waals surface area contributed by atoms with Crippen LogP contribution in [0.25, 0.3) is 0 Å². The van der Waals surface area contributed by atoms with Gasteiger partial charge in [-0.05, 0) is 34.5 Å². The van der Waals surface area contributed by atoms with Crippen molar-refractivity contribution in [3.05, 3.63) is 39.3 Å². The summed E-state index contributed by atoms with van der Waals surface area (Å²) in [5, 5.41) is 10.6. The summed E-state index contributed by atoms with van der Waals surface area (Å²) in [6, 6.07) is 5.54. The molecule has 0 radical (unpaired) electrons. The van der Waals surface area contributed by atoms with E-state index in [0.717, 1.165) is 10.0 Å². The Hall–Kier alpha value is -1.27. The van der Waals surface area contributed by atoms with Crippen LogP contribution < -0.4 is 5.32 Å². The van der Waals surface area contributed by atoms with E-state index in [4.69, 9.17) is 0 Å². The zero-order chi connectivity index (χ0) is 11.5. The topological polar surface area (TPSA) is 54.9 Å². The van der Waals surface area contributed by atoms with Crippen molar-refractivity contribution in [2.45, 2.75) is 6.92 Å². The van der Waals surface area contributed by atoms with E-state index in [0.29, 0.717) is 10.7 Å². The summed E-state index contributed by atoms with van der Waals surface area (Å²) in [4.78, 5) is 11.9. The maximum Gasteiger partial charge on any atom is 0.258 e. The predicted molar refractivity (Wildman–Crippen MR) is 66.7 cm³/mol. The van der Waals surface area contributed by atoms with E-state index >= 15 is 0 Å². The second-order valence-electron chi connectivity index (χ2n) is 3.13. The van der Waals surface area contributed by atoms with E-state index in [-0.39, 0.29) is 5.91 Å². The Morgan fingerprint density at radius 2 is 2.31 bits per heavy atom. The first-order chi connectivity index (χ1) is 7.68. The minimum Gasteiger partial charge on any atom is -0.296 e. The number of amides is 1. The summed E-state index contributed by atoms with van der Waals surface area (Å²) in [6.07, 6.45) is 0. The van der Waals surface area contributed by atoms with Crippen LogP contribution in [-0.2, 0) is 0 Å². The van der Waals surface area contributed by atoms with Crippen molar-refractivity contribution >= 4 is 38.3 Å². The van der Waals surface area contributed by atoms with Gasteiger partial charge in [0.2, 0.25) is 5.13 Å². The second-order valence-corrected chi connectivity index (χ2v) is 4.76. The minimum atomic E-state index is -0.188. The molecule has 1 N–H and O–H groups in total. The molecule has 0 unspecified atom stereocenters. The Labute approximate surface area is 105 Å². The summed E-state index contributed by atoms with van der Waals surface area (Å²) >= 11 is 4.68. The number of anilines is 1. The van der Waals surface area contributed by atoms with Crippen LogP contribution in [0.1, 0.15) is 15.9 Å². The lowest BCUT2D eigenvalue weighted by Gasteiger charge is -2.05. The van der Waals surface area contributed by atoms with Gasteiger partial charge in [0.15, 0.2) is 0 Å². The van der Waals surface area contributed by atoms with Crippen molar-refractivity contribution in [1.29, 1.82) is 0 Å². The van der Waals surface area contributed by atoms with Gasteiger partial charge in [0.25, 0.3) is 5.91 Å². The Morgan fingerprint density at radius 1 is 1.50 bits per heavy atom. The fourth-order valence-corrected chi connectivity index (χ4v) is 2.10. The van der Waals surface area contributed by atoms with Crippen molar-refractivity contribution in [2.75, 3.05) is 5.32 Å². The van der Waals surface area contributed by atoms with E-state index in [1.54, 1.807) is 11.6 Å². The standard InChI is InChI=1S/C10H8BrN3OS/c1-6-3-2-4-7(8(6)11)9(15)13-10-14-12-5-16-10/h2-5H,1H3,(H,13,14,15). The molecule has 1 amide bonds. The molecule has 0 aliphatic rings. The van der Waals surface area contributed by atoms with Crippen LogP contribution in [0.5, 0.6) is 0 Å². The number of hydrogen-bond acceptors (Lipinski definition) is 4. The third kappa shape index (κ3) is 2.28. The molecule has 82 valence electrons. The highest BCUT2D eigenvalue weighted by atomic mass is 79.9. The molecule has 0 spiro atoms. The maximum atomic E-state index is 11.9. The zero-order valence-electron chi connectivity index (χ0n) is 8.40. The maximum absolute atomic E-state index is 11.9. The molecule has 0 bridgehead atoms. The lowest BCUT2D eigenvalue weighted by Crippen LogP contribution is -2.12. The number of carbonyl (C=O) groups excluding carboxylic acids is 1. The van der Waals surface area contributed by atoms with Crippen LogP contribution in [0.15, 0.2) is 28.2 Å². The monoisotopic (exact) mass is 297 g/mol. The van der Waals surface area contributed by atoms with Gasteiger partial charge < -0.3 is 0 Å². The van der Waals surface area contributed by atoms with Crippen LogP contribution in [0.4, 0.5) is 5.13 Å². The Kier molecular flexibility index (Phi) is 3.31. The summed E-state index contributed by atoms with van der Waals surface area (Å²) in [5.74, 6) is -0.188. The fraction of sp³-hybridized carbons (Fsp3) is 0.100. The average Bonchev–Trinajstić information content (AvgIpc) is 2.74. The minimum absolute atomic E-state index is 0.188. The van der Waals surface area contributed by atoms with Crippen LogP contribution in [0.3, 0.4) is 0 Å². The van der Waals surface area contributed by atoms with Gasteiger partial charge in [-0.15, -0.1) is 10.2 Å². The summed E-state index contributed by atoms with van der Waals surface area (Å²) < 4.78 is 0.803. The van der Waals surface area contributed by atoms with E-state index in [1.165, 1.54) is 11.3 Å².